The van der Waals surface area contributed by atoms with E-state index in [-0.39, 0.29) is 12.3 Å². The number of carbonyl (C=O) groups excluding carboxylic acids is 1. The molecule has 0 aromatic rings. The van der Waals surface area contributed by atoms with Gasteiger partial charge in [-0.25, -0.2) is 0 Å². The van der Waals surface area contributed by atoms with Crippen molar-refractivity contribution in [2.24, 2.45) is 5.92 Å². The first-order chi connectivity index (χ1) is 7.28. The topological polar surface area (TPSA) is 66.4 Å². The molecule has 1 amide bonds. The minimum absolute atomic E-state index is 0.00767. The van der Waals surface area contributed by atoms with E-state index in [2.05, 4.69) is 5.32 Å². The number of carbonyl (C=O) groups is 2. The first kappa shape index (κ1) is 12.8. The van der Waals surface area contributed by atoms with Crippen molar-refractivity contribution in [3.8, 4) is 0 Å². The predicted octanol–water partition coefficient (Wildman–Crippen LogP) is 1.31. The smallest absolute Gasteiger partial charge is 0.397 e. The van der Waals surface area contributed by atoms with Crippen LogP contribution in [0.25, 0.3) is 0 Å². The molecule has 0 aliphatic heterocycles. The van der Waals surface area contributed by atoms with E-state index in [1.807, 2.05) is 0 Å². The quantitative estimate of drug-likeness (QED) is 0.760. The Kier molecular flexibility index (Phi) is 3.77. The molecule has 7 heteroatoms. The van der Waals surface area contributed by atoms with Crippen LogP contribution in [0.1, 0.15) is 25.7 Å². The fraction of sp³-hybridized carbons (Fsp3) is 0.778. The number of nitrogens with one attached hydrogen (secondary N) is 1. The standard InChI is InChI=1S/C9H12F3NO3/c10-9(11,12)4-7(14)13-6(3-8(15)16)5-1-2-5/h5-6H,1-4H2,(H,13,14)(H,15,16). The van der Waals surface area contributed by atoms with Gasteiger partial charge in [0, 0.05) is 6.04 Å². The van der Waals surface area contributed by atoms with Crippen LogP contribution in [0.3, 0.4) is 0 Å². The highest BCUT2D eigenvalue weighted by Gasteiger charge is 2.36. The second kappa shape index (κ2) is 4.71. The van der Waals surface area contributed by atoms with E-state index in [9.17, 15) is 22.8 Å². The molecule has 0 spiro atoms. The molecule has 1 atom stereocenters. The summed E-state index contributed by atoms with van der Waals surface area (Å²) in [6.45, 7) is 0. The Bertz CT molecular complexity index is 286. The normalized spacial score (nSPS) is 17.9. The molecular weight excluding hydrogens is 227 g/mol. The van der Waals surface area contributed by atoms with Crippen molar-refractivity contribution < 1.29 is 27.9 Å². The summed E-state index contributed by atoms with van der Waals surface area (Å²) < 4.78 is 35.6. The Hall–Kier alpha value is -1.27. The van der Waals surface area contributed by atoms with Crippen LogP contribution in [0.4, 0.5) is 13.2 Å². The zero-order chi connectivity index (χ0) is 12.3. The molecule has 16 heavy (non-hydrogen) atoms. The number of carboxylic acids is 1. The van der Waals surface area contributed by atoms with Gasteiger partial charge in [-0.3, -0.25) is 9.59 Å². The summed E-state index contributed by atoms with van der Waals surface area (Å²) in [7, 11) is 0. The van der Waals surface area contributed by atoms with E-state index in [0.717, 1.165) is 12.8 Å². The van der Waals surface area contributed by atoms with E-state index in [0.29, 0.717) is 0 Å². The predicted molar refractivity (Wildman–Crippen MR) is 47.6 cm³/mol. The third-order valence-electron chi connectivity index (χ3n) is 2.29. The van der Waals surface area contributed by atoms with Gasteiger partial charge in [-0.15, -0.1) is 0 Å². The van der Waals surface area contributed by atoms with Crippen LogP contribution in [-0.2, 0) is 9.59 Å². The molecule has 0 heterocycles. The summed E-state index contributed by atoms with van der Waals surface area (Å²) in [5.74, 6) is -2.27. The molecule has 1 aliphatic rings. The molecule has 0 aromatic heterocycles. The monoisotopic (exact) mass is 239 g/mol. The molecule has 0 aromatic carbocycles. The van der Waals surface area contributed by atoms with Crippen LogP contribution >= 0.6 is 0 Å². The van der Waals surface area contributed by atoms with Crippen LogP contribution in [0.5, 0.6) is 0 Å². The van der Waals surface area contributed by atoms with Gasteiger partial charge < -0.3 is 10.4 Å². The largest absolute Gasteiger partial charge is 0.481 e. The van der Waals surface area contributed by atoms with Gasteiger partial charge in [0.05, 0.1) is 6.42 Å². The highest BCUT2D eigenvalue weighted by atomic mass is 19.4. The number of alkyl halides is 3. The SMILES string of the molecule is O=C(O)CC(NC(=O)CC(F)(F)F)C1CC1. The number of aliphatic carboxylic acids is 1. The van der Waals surface area contributed by atoms with E-state index in [4.69, 9.17) is 5.11 Å². The van der Waals surface area contributed by atoms with Gasteiger partial charge in [-0.1, -0.05) is 0 Å². The lowest BCUT2D eigenvalue weighted by Crippen LogP contribution is -2.39. The van der Waals surface area contributed by atoms with Crippen molar-refractivity contribution in [3.63, 3.8) is 0 Å². The molecule has 2 N–H and O–H groups in total. The van der Waals surface area contributed by atoms with Crippen molar-refractivity contribution in [2.75, 3.05) is 0 Å². The summed E-state index contributed by atoms with van der Waals surface area (Å²) >= 11 is 0. The molecule has 92 valence electrons. The second-order valence-corrected chi connectivity index (χ2v) is 3.90. The van der Waals surface area contributed by atoms with Crippen LogP contribution in [0, 0.1) is 5.92 Å². The van der Waals surface area contributed by atoms with Gasteiger partial charge in [0.15, 0.2) is 0 Å². The molecule has 1 aliphatic carbocycles. The zero-order valence-electron chi connectivity index (χ0n) is 8.38. The average Bonchev–Trinajstić information content (AvgIpc) is 2.78. The molecule has 1 saturated carbocycles. The number of hydrogen-bond acceptors (Lipinski definition) is 2. The maximum absolute atomic E-state index is 11.9. The molecule has 1 rings (SSSR count). The van der Waals surface area contributed by atoms with Crippen LogP contribution < -0.4 is 5.32 Å². The summed E-state index contributed by atoms with van der Waals surface area (Å²) in [6, 6.07) is -0.674. The van der Waals surface area contributed by atoms with Gasteiger partial charge in [-0.2, -0.15) is 13.2 Å². The second-order valence-electron chi connectivity index (χ2n) is 3.90. The lowest BCUT2D eigenvalue weighted by molar-refractivity contribution is -0.154. The maximum atomic E-state index is 11.9. The van der Waals surface area contributed by atoms with Crippen molar-refractivity contribution >= 4 is 11.9 Å². The Balaban J connectivity index is 2.42. The number of halogens is 3. The number of rotatable bonds is 5. The summed E-state index contributed by atoms with van der Waals surface area (Å²) in [5.41, 5.74) is 0. The third kappa shape index (κ3) is 4.99. The molecular formula is C9H12F3NO3. The highest BCUT2D eigenvalue weighted by molar-refractivity contribution is 5.78. The van der Waals surface area contributed by atoms with Gasteiger partial charge in [0.25, 0.3) is 0 Å². The van der Waals surface area contributed by atoms with Crippen molar-refractivity contribution in [1.82, 2.24) is 5.32 Å². The fourth-order valence-corrected chi connectivity index (χ4v) is 1.46. The van der Waals surface area contributed by atoms with E-state index in [1.165, 1.54) is 0 Å². The summed E-state index contributed by atoms with van der Waals surface area (Å²) in [4.78, 5) is 21.4. The highest BCUT2D eigenvalue weighted by Crippen LogP contribution is 2.34. The number of carboxylic acid groups (broad SMARTS) is 1. The van der Waals surface area contributed by atoms with Gasteiger partial charge in [0.2, 0.25) is 5.91 Å². The molecule has 0 saturated heterocycles. The van der Waals surface area contributed by atoms with Crippen LogP contribution in [0.15, 0.2) is 0 Å². The molecule has 4 nitrogen and oxygen atoms in total. The molecule has 1 fully saturated rings. The van der Waals surface area contributed by atoms with Crippen molar-refractivity contribution in [3.05, 3.63) is 0 Å². The minimum atomic E-state index is -4.55. The molecule has 1 unspecified atom stereocenters. The van der Waals surface area contributed by atoms with Gasteiger partial charge in [0.1, 0.15) is 6.42 Å². The van der Waals surface area contributed by atoms with E-state index >= 15 is 0 Å². The average molecular weight is 239 g/mol. The zero-order valence-corrected chi connectivity index (χ0v) is 8.38. The van der Waals surface area contributed by atoms with Crippen molar-refractivity contribution in [1.29, 1.82) is 0 Å². The van der Waals surface area contributed by atoms with Gasteiger partial charge >= 0.3 is 12.1 Å². The van der Waals surface area contributed by atoms with E-state index < -0.39 is 30.5 Å². The number of hydrogen-bond donors (Lipinski definition) is 2. The first-order valence-corrected chi connectivity index (χ1v) is 4.86. The Morgan fingerprint density at radius 1 is 1.38 bits per heavy atom. The van der Waals surface area contributed by atoms with Crippen LogP contribution in [-0.4, -0.2) is 29.2 Å². The minimum Gasteiger partial charge on any atom is -0.481 e. The number of amides is 1. The Morgan fingerprint density at radius 3 is 2.31 bits per heavy atom. The Labute approximate surface area is 89.8 Å². The van der Waals surface area contributed by atoms with Crippen LogP contribution in [0.2, 0.25) is 0 Å². The van der Waals surface area contributed by atoms with E-state index in [1.54, 1.807) is 0 Å². The first-order valence-electron chi connectivity index (χ1n) is 4.86. The third-order valence-corrected chi connectivity index (χ3v) is 2.29. The lowest BCUT2D eigenvalue weighted by atomic mass is 10.1. The Morgan fingerprint density at radius 2 is 1.94 bits per heavy atom. The lowest BCUT2D eigenvalue weighted by Gasteiger charge is -2.16. The summed E-state index contributed by atoms with van der Waals surface area (Å²) in [6.07, 6.45) is -4.93. The fourth-order valence-electron chi connectivity index (χ4n) is 1.46. The van der Waals surface area contributed by atoms with Crippen molar-refractivity contribution in [2.45, 2.75) is 37.9 Å². The van der Waals surface area contributed by atoms with Gasteiger partial charge in [-0.05, 0) is 18.8 Å². The maximum Gasteiger partial charge on any atom is 0.397 e. The molecule has 0 bridgehead atoms. The summed E-state index contributed by atoms with van der Waals surface area (Å²) in [5, 5.41) is 10.7. The molecule has 0 radical (unpaired) electrons.